The number of nitrogens with zero attached hydrogens (tertiary/aromatic N) is 4. The molecule has 1 aromatic carbocycles. The second kappa shape index (κ2) is 9.34. The lowest BCUT2D eigenvalue weighted by molar-refractivity contribution is -0.142. The number of amides is 1. The van der Waals surface area contributed by atoms with Crippen molar-refractivity contribution in [2.75, 3.05) is 39.4 Å². The fraction of sp³-hybridized carbons (Fsp3) is 0.350. The van der Waals surface area contributed by atoms with Crippen molar-refractivity contribution < 1.29 is 22.7 Å². The molecule has 12 heteroatoms. The van der Waals surface area contributed by atoms with E-state index in [-0.39, 0.29) is 22.1 Å². The quantitative estimate of drug-likeness (QED) is 0.540. The standard InChI is InChI=1S/C20H18BrClF3N5O2/c21-13-3-1-12(2-4-13)14-11-15(20(23,24)25)30-18(27-14)16(22)17(28-30)19(31)26-5-6-29-7-9-32-10-8-29/h1-4,11H,5-10H2,(H,26,31). The monoisotopic (exact) mass is 531 g/mol. The Bertz CT molecular complexity index is 1130. The summed E-state index contributed by atoms with van der Waals surface area (Å²) in [6, 6.07) is 7.54. The summed E-state index contributed by atoms with van der Waals surface area (Å²) in [4.78, 5) is 19.0. The van der Waals surface area contributed by atoms with Crippen molar-refractivity contribution in [1.29, 1.82) is 0 Å². The predicted molar refractivity (Wildman–Crippen MR) is 116 cm³/mol. The second-order valence-electron chi connectivity index (χ2n) is 7.14. The van der Waals surface area contributed by atoms with Gasteiger partial charge in [0, 0.05) is 36.2 Å². The van der Waals surface area contributed by atoms with Crippen LogP contribution in [0, 0.1) is 0 Å². The minimum Gasteiger partial charge on any atom is -0.379 e. The number of halogens is 5. The molecule has 0 radical (unpaired) electrons. The highest BCUT2D eigenvalue weighted by molar-refractivity contribution is 9.10. The molecular formula is C20H18BrClF3N5O2. The Balaban J connectivity index is 1.65. The summed E-state index contributed by atoms with van der Waals surface area (Å²) < 4.78 is 47.9. The highest BCUT2D eigenvalue weighted by atomic mass is 79.9. The number of morpholine rings is 1. The predicted octanol–water partition coefficient (Wildman–Crippen LogP) is 3.89. The molecular weight excluding hydrogens is 515 g/mol. The van der Waals surface area contributed by atoms with Crippen molar-refractivity contribution in [2.24, 2.45) is 0 Å². The number of carbonyl (C=O) groups is 1. The van der Waals surface area contributed by atoms with Gasteiger partial charge in [0.2, 0.25) is 0 Å². The molecule has 4 rings (SSSR count). The molecule has 2 aromatic heterocycles. The van der Waals surface area contributed by atoms with Gasteiger partial charge in [-0.05, 0) is 18.2 Å². The van der Waals surface area contributed by atoms with E-state index < -0.39 is 17.8 Å². The SMILES string of the molecule is O=C(NCCN1CCOCC1)c1nn2c(C(F)(F)F)cc(-c3ccc(Br)cc3)nc2c1Cl. The molecule has 0 unspecified atom stereocenters. The van der Waals surface area contributed by atoms with Crippen molar-refractivity contribution in [3.05, 3.63) is 51.2 Å². The molecule has 170 valence electrons. The fourth-order valence-corrected chi connectivity index (χ4v) is 3.85. The largest absolute Gasteiger partial charge is 0.433 e. The number of ether oxygens (including phenoxy) is 1. The Morgan fingerprint density at radius 3 is 2.56 bits per heavy atom. The van der Waals surface area contributed by atoms with Gasteiger partial charge in [-0.15, -0.1) is 0 Å². The molecule has 1 fully saturated rings. The lowest BCUT2D eigenvalue weighted by atomic mass is 10.1. The van der Waals surface area contributed by atoms with E-state index in [4.69, 9.17) is 16.3 Å². The highest BCUT2D eigenvalue weighted by Gasteiger charge is 2.36. The van der Waals surface area contributed by atoms with Crippen molar-refractivity contribution in [3.8, 4) is 11.3 Å². The van der Waals surface area contributed by atoms with Crippen molar-refractivity contribution in [2.45, 2.75) is 6.18 Å². The van der Waals surface area contributed by atoms with E-state index in [9.17, 15) is 18.0 Å². The molecule has 1 aliphatic rings. The Labute approximate surface area is 194 Å². The van der Waals surface area contributed by atoms with Gasteiger partial charge in [0.15, 0.2) is 17.0 Å². The summed E-state index contributed by atoms with van der Waals surface area (Å²) in [7, 11) is 0. The Kier molecular flexibility index (Phi) is 6.70. The average Bonchev–Trinajstić information content (AvgIpc) is 3.10. The zero-order valence-corrected chi connectivity index (χ0v) is 19.0. The maximum absolute atomic E-state index is 13.8. The first kappa shape index (κ1) is 23.0. The van der Waals surface area contributed by atoms with E-state index in [1.54, 1.807) is 24.3 Å². The maximum Gasteiger partial charge on any atom is 0.433 e. The second-order valence-corrected chi connectivity index (χ2v) is 8.43. The smallest absolute Gasteiger partial charge is 0.379 e. The van der Waals surface area contributed by atoms with Gasteiger partial charge < -0.3 is 10.1 Å². The number of benzene rings is 1. The zero-order valence-electron chi connectivity index (χ0n) is 16.6. The van der Waals surface area contributed by atoms with Crippen LogP contribution in [0.25, 0.3) is 16.9 Å². The maximum atomic E-state index is 13.8. The van der Waals surface area contributed by atoms with Crippen LogP contribution in [0.15, 0.2) is 34.8 Å². The van der Waals surface area contributed by atoms with Gasteiger partial charge in [-0.2, -0.15) is 18.3 Å². The first-order chi connectivity index (χ1) is 15.2. The van der Waals surface area contributed by atoms with Gasteiger partial charge in [-0.3, -0.25) is 9.69 Å². The topological polar surface area (TPSA) is 71.8 Å². The number of fused-ring (bicyclic) bond motifs is 1. The van der Waals surface area contributed by atoms with Gasteiger partial charge in [0.1, 0.15) is 5.02 Å². The van der Waals surface area contributed by atoms with Crippen LogP contribution in [0.5, 0.6) is 0 Å². The number of aromatic nitrogens is 3. The Morgan fingerprint density at radius 2 is 1.91 bits per heavy atom. The molecule has 0 bridgehead atoms. The van der Waals surface area contributed by atoms with Gasteiger partial charge in [0.05, 0.1) is 18.9 Å². The van der Waals surface area contributed by atoms with E-state index in [0.29, 0.717) is 36.4 Å². The average molecular weight is 533 g/mol. The molecule has 7 nitrogen and oxygen atoms in total. The summed E-state index contributed by atoms with van der Waals surface area (Å²) in [5, 5.41) is 6.27. The first-order valence-electron chi connectivity index (χ1n) is 9.75. The van der Waals surface area contributed by atoms with E-state index in [1.165, 1.54) is 0 Å². The molecule has 0 aliphatic carbocycles. The third-order valence-corrected chi connectivity index (χ3v) is 5.87. The van der Waals surface area contributed by atoms with E-state index in [2.05, 4.69) is 36.2 Å². The number of nitrogens with one attached hydrogen (secondary N) is 1. The normalized spacial score (nSPS) is 15.3. The fourth-order valence-electron chi connectivity index (χ4n) is 3.34. The molecule has 0 saturated carbocycles. The minimum absolute atomic E-state index is 0.0680. The molecule has 0 atom stereocenters. The van der Waals surface area contributed by atoms with Crippen LogP contribution in [0.3, 0.4) is 0 Å². The number of carbonyl (C=O) groups excluding carboxylic acids is 1. The van der Waals surface area contributed by atoms with Crippen molar-refractivity contribution in [3.63, 3.8) is 0 Å². The first-order valence-corrected chi connectivity index (χ1v) is 10.9. The summed E-state index contributed by atoms with van der Waals surface area (Å²) in [5.74, 6) is -0.660. The van der Waals surface area contributed by atoms with Crippen LogP contribution in [0.1, 0.15) is 16.2 Å². The van der Waals surface area contributed by atoms with Gasteiger partial charge in [-0.25, -0.2) is 9.50 Å². The summed E-state index contributed by atoms with van der Waals surface area (Å²) in [6.07, 6.45) is -4.73. The van der Waals surface area contributed by atoms with Crippen LogP contribution in [0.2, 0.25) is 5.02 Å². The molecule has 3 aromatic rings. The minimum atomic E-state index is -4.73. The summed E-state index contributed by atoms with van der Waals surface area (Å²) in [5.41, 5.74) is -1.08. The van der Waals surface area contributed by atoms with Crippen LogP contribution >= 0.6 is 27.5 Å². The Hall–Kier alpha value is -2.21. The number of hydrogen-bond donors (Lipinski definition) is 1. The lowest BCUT2D eigenvalue weighted by Crippen LogP contribution is -2.41. The molecule has 1 aliphatic heterocycles. The van der Waals surface area contributed by atoms with E-state index >= 15 is 0 Å². The summed E-state index contributed by atoms with van der Waals surface area (Å²) >= 11 is 9.57. The summed E-state index contributed by atoms with van der Waals surface area (Å²) in [6.45, 7) is 3.63. The third kappa shape index (κ3) is 4.90. The lowest BCUT2D eigenvalue weighted by Gasteiger charge is -2.26. The van der Waals surface area contributed by atoms with Crippen LogP contribution in [-0.2, 0) is 10.9 Å². The number of rotatable bonds is 5. The molecule has 3 heterocycles. The van der Waals surface area contributed by atoms with Crippen LogP contribution in [-0.4, -0.2) is 64.8 Å². The molecule has 0 spiro atoms. The van der Waals surface area contributed by atoms with Crippen molar-refractivity contribution in [1.82, 2.24) is 24.8 Å². The Morgan fingerprint density at radius 1 is 1.22 bits per heavy atom. The molecule has 1 N–H and O–H groups in total. The van der Waals surface area contributed by atoms with Gasteiger partial charge >= 0.3 is 6.18 Å². The molecule has 1 saturated heterocycles. The van der Waals surface area contributed by atoms with Crippen LogP contribution < -0.4 is 5.32 Å². The molecule has 1 amide bonds. The third-order valence-electron chi connectivity index (χ3n) is 5.00. The van der Waals surface area contributed by atoms with Crippen LogP contribution in [0.4, 0.5) is 13.2 Å². The van der Waals surface area contributed by atoms with E-state index in [1.807, 2.05) is 0 Å². The zero-order chi connectivity index (χ0) is 22.9. The van der Waals surface area contributed by atoms with Crippen molar-refractivity contribution >= 4 is 39.1 Å². The van der Waals surface area contributed by atoms with Gasteiger partial charge in [-0.1, -0.05) is 39.7 Å². The number of alkyl halides is 3. The van der Waals surface area contributed by atoms with E-state index in [0.717, 1.165) is 23.6 Å². The molecule has 32 heavy (non-hydrogen) atoms. The highest BCUT2D eigenvalue weighted by Crippen LogP contribution is 2.34. The van der Waals surface area contributed by atoms with Gasteiger partial charge in [0.25, 0.3) is 5.91 Å². The number of hydrogen-bond acceptors (Lipinski definition) is 5.